The van der Waals surface area contributed by atoms with Crippen LogP contribution in [0.2, 0.25) is 0 Å². The standard InChI is InChI=1S/C14H18N4OS/c1-18(2)12(11-6-4-3-5-7-11)10-16-13(19)17-14-15-8-9-20-14/h3-9,12H,10H2,1-2H3,(H2,15,16,17,19). The van der Waals surface area contributed by atoms with Crippen molar-refractivity contribution in [3.8, 4) is 0 Å². The summed E-state index contributed by atoms with van der Waals surface area (Å²) in [5, 5.41) is 8.00. The van der Waals surface area contributed by atoms with E-state index in [-0.39, 0.29) is 12.1 Å². The van der Waals surface area contributed by atoms with E-state index in [1.807, 2.05) is 37.7 Å². The number of benzene rings is 1. The smallest absolute Gasteiger partial charge is 0.321 e. The Kier molecular flexibility index (Phi) is 5.09. The Morgan fingerprint density at radius 3 is 2.70 bits per heavy atom. The lowest BCUT2D eigenvalue weighted by Gasteiger charge is -2.25. The van der Waals surface area contributed by atoms with Crippen LogP contribution in [0.25, 0.3) is 0 Å². The fraction of sp³-hybridized carbons (Fsp3) is 0.286. The summed E-state index contributed by atoms with van der Waals surface area (Å²) >= 11 is 1.39. The van der Waals surface area contributed by atoms with Gasteiger partial charge in [-0.2, -0.15) is 0 Å². The minimum absolute atomic E-state index is 0.137. The lowest BCUT2D eigenvalue weighted by atomic mass is 10.1. The maximum absolute atomic E-state index is 11.8. The Bertz CT molecular complexity index is 527. The Balaban J connectivity index is 1.91. The van der Waals surface area contributed by atoms with Gasteiger partial charge in [0.15, 0.2) is 5.13 Å². The van der Waals surface area contributed by atoms with Gasteiger partial charge in [0, 0.05) is 18.1 Å². The highest BCUT2D eigenvalue weighted by atomic mass is 32.1. The van der Waals surface area contributed by atoms with Gasteiger partial charge < -0.3 is 10.2 Å². The van der Waals surface area contributed by atoms with E-state index in [1.165, 1.54) is 16.9 Å². The molecule has 1 aromatic carbocycles. The van der Waals surface area contributed by atoms with Gasteiger partial charge >= 0.3 is 6.03 Å². The van der Waals surface area contributed by atoms with Gasteiger partial charge in [-0.3, -0.25) is 5.32 Å². The lowest BCUT2D eigenvalue weighted by Crippen LogP contribution is -2.36. The number of carbonyl (C=O) groups excluding carboxylic acids is 1. The van der Waals surface area contributed by atoms with Crippen molar-refractivity contribution in [1.29, 1.82) is 0 Å². The quantitative estimate of drug-likeness (QED) is 0.890. The van der Waals surface area contributed by atoms with E-state index in [4.69, 9.17) is 0 Å². The van der Waals surface area contributed by atoms with E-state index >= 15 is 0 Å². The summed E-state index contributed by atoms with van der Waals surface area (Å²) in [6.45, 7) is 0.536. The molecule has 0 fully saturated rings. The normalized spacial score (nSPS) is 12.2. The van der Waals surface area contributed by atoms with Crippen molar-refractivity contribution in [3.05, 3.63) is 47.5 Å². The molecule has 1 heterocycles. The predicted octanol–water partition coefficient (Wildman–Crippen LogP) is 2.57. The van der Waals surface area contributed by atoms with Gasteiger partial charge in [0.05, 0.1) is 6.04 Å². The molecule has 5 nitrogen and oxygen atoms in total. The van der Waals surface area contributed by atoms with Crippen molar-refractivity contribution in [2.75, 3.05) is 26.0 Å². The molecule has 0 saturated carbocycles. The third-order valence-corrected chi connectivity index (χ3v) is 3.60. The van der Waals surface area contributed by atoms with Crippen LogP contribution in [0.15, 0.2) is 41.9 Å². The van der Waals surface area contributed by atoms with Gasteiger partial charge in [-0.25, -0.2) is 9.78 Å². The van der Waals surface area contributed by atoms with Crippen molar-refractivity contribution in [1.82, 2.24) is 15.2 Å². The molecule has 2 aromatic rings. The molecule has 1 aromatic heterocycles. The highest BCUT2D eigenvalue weighted by molar-refractivity contribution is 7.13. The summed E-state index contributed by atoms with van der Waals surface area (Å²) < 4.78 is 0. The number of amides is 2. The molecule has 0 radical (unpaired) electrons. The average molecular weight is 290 g/mol. The molecule has 0 aliphatic heterocycles. The first-order valence-electron chi connectivity index (χ1n) is 6.32. The van der Waals surface area contributed by atoms with E-state index < -0.39 is 0 Å². The first-order valence-corrected chi connectivity index (χ1v) is 7.20. The van der Waals surface area contributed by atoms with E-state index in [1.54, 1.807) is 6.20 Å². The van der Waals surface area contributed by atoms with Crippen molar-refractivity contribution >= 4 is 22.5 Å². The van der Waals surface area contributed by atoms with E-state index in [9.17, 15) is 4.79 Å². The van der Waals surface area contributed by atoms with E-state index in [0.29, 0.717) is 11.7 Å². The molecule has 0 spiro atoms. The van der Waals surface area contributed by atoms with Crippen molar-refractivity contribution in [3.63, 3.8) is 0 Å². The summed E-state index contributed by atoms with van der Waals surface area (Å²) in [5.41, 5.74) is 1.17. The molecule has 2 N–H and O–H groups in total. The molecular weight excluding hydrogens is 272 g/mol. The van der Waals surface area contributed by atoms with Crippen LogP contribution in [0.3, 0.4) is 0 Å². The van der Waals surface area contributed by atoms with E-state index in [2.05, 4.69) is 32.7 Å². The van der Waals surface area contributed by atoms with Crippen LogP contribution in [0.4, 0.5) is 9.93 Å². The van der Waals surface area contributed by atoms with Gasteiger partial charge in [-0.1, -0.05) is 30.3 Å². The number of hydrogen-bond donors (Lipinski definition) is 2. The number of nitrogens with zero attached hydrogens (tertiary/aromatic N) is 2. The molecule has 106 valence electrons. The Labute approximate surface area is 122 Å². The molecule has 2 rings (SSSR count). The maximum Gasteiger partial charge on any atom is 0.321 e. The molecule has 0 saturated heterocycles. The summed E-state index contributed by atoms with van der Waals surface area (Å²) in [5.74, 6) is 0. The third-order valence-electron chi connectivity index (χ3n) is 2.92. The number of thiazole rings is 1. The monoisotopic (exact) mass is 290 g/mol. The molecular formula is C14H18N4OS. The zero-order valence-electron chi connectivity index (χ0n) is 11.5. The number of likely N-dealkylation sites (N-methyl/N-ethyl adjacent to an activating group) is 1. The first-order chi connectivity index (χ1) is 9.66. The van der Waals surface area contributed by atoms with Gasteiger partial charge in [-0.15, -0.1) is 11.3 Å². The molecule has 0 bridgehead atoms. The van der Waals surface area contributed by atoms with E-state index in [0.717, 1.165) is 0 Å². The summed E-state index contributed by atoms with van der Waals surface area (Å²) in [4.78, 5) is 17.9. The fourth-order valence-corrected chi connectivity index (χ4v) is 2.41. The SMILES string of the molecule is CN(C)C(CNC(=O)Nc1nccs1)c1ccccc1. The van der Waals surface area contributed by atoms with Crippen LogP contribution in [-0.2, 0) is 0 Å². The van der Waals surface area contributed by atoms with Crippen LogP contribution >= 0.6 is 11.3 Å². The minimum Gasteiger partial charge on any atom is -0.336 e. The zero-order chi connectivity index (χ0) is 14.4. The Morgan fingerprint density at radius 2 is 2.10 bits per heavy atom. The number of nitrogens with one attached hydrogen (secondary N) is 2. The predicted molar refractivity (Wildman–Crippen MR) is 82.0 cm³/mol. The average Bonchev–Trinajstić information content (AvgIpc) is 2.92. The number of anilines is 1. The topological polar surface area (TPSA) is 57.3 Å². The Hall–Kier alpha value is -1.92. The van der Waals surface area contributed by atoms with Crippen molar-refractivity contribution < 1.29 is 4.79 Å². The second-order valence-electron chi connectivity index (χ2n) is 4.56. The largest absolute Gasteiger partial charge is 0.336 e. The van der Waals surface area contributed by atoms with Crippen molar-refractivity contribution in [2.24, 2.45) is 0 Å². The minimum atomic E-state index is -0.234. The highest BCUT2D eigenvalue weighted by Gasteiger charge is 2.15. The first kappa shape index (κ1) is 14.5. The molecule has 1 atom stereocenters. The number of hydrogen-bond acceptors (Lipinski definition) is 4. The molecule has 0 aliphatic rings. The lowest BCUT2D eigenvalue weighted by molar-refractivity contribution is 0.243. The van der Waals surface area contributed by atoms with Gasteiger partial charge in [-0.05, 0) is 19.7 Å². The second-order valence-corrected chi connectivity index (χ2v) is 5.46. The van der Waals surface area contributed by atoms with Crippen LogP contribution in [0.1, 0.15) is 11.6 Å². The third kappa shape index (κ3) is 4.04. The van der Waals surface area contributed by atoms with Gasteiger partial charge in [0.1, 0.15) is 0 Å². The molecule has 1 unspecified atom stereocenters. The Morgan fingerprint density at radius 1 is 1.35 bits per heavy atom. The molecule has 2 amide bonds. The molecule has 0 aliphatic carbocycles. The van der Waals surface area contributed by atoms with Crippen molar-refractivity contribution in [2.45, 2.75) is 6.04 Å². The zero-order valence-corrected chi connectivity index (χ0v) is 12.4. The van der Waals surface area contributed by atoms with Crippen LogP contribution in [0, 0.1) is 0 Å². The highest BCUT2D eigenvalue weighted by Crippen LogP contribution is 2.16. The van der Waals surface area contributed by atoms with Crippen LogP contribution in [0.5, 0.6) is 0 Å². The molecule has 20 heavy (non-hydrogen) atoms. The number of aromatic nitrogens is 1. The number of urea groups is 1. The second kappa shape index (κ2) is 7.02. The fourth-order valence-electron chi connectivity index (χ4n) is 1.89. The van der Waals surface area contributed by atoms with Crippen LogP contribution in [-0.4, -0.2) is 36.6 Å². The van der Waals surface area contributed by atoms with Gasteiger partial charge in [0.2, 0.25) is 0 Å². The van der Waals surface area contributed by atoms with Gasteiger partial charge in [0.25, 0.3) is 0 Å². The number of rotatable bonds is 5. The summed E-state index contributed by atoms with van der Waals surface area (Å²) in [6.07, 6.45) is 1.66. The summed E-state index contributed by atoms with van der Waals surface area (Å²) in [7, 11) is 4.00. The maximum atomic E-state index is 11.8. The number of carbonyl (C=O) groups is 1. The van der Waals surface area contributed by atoms with Crippen LogP contribution < -0.4 is 10.6 Å². The summed E-state index contributed by atoms with van der Waals surface area (Å²) in [6, 6.07) is 10.0. The molecule has 6 heteroatoms.